The van der Waals surface area contributed by atoms with E-state index in [0.717, 1.165) is 6.42 Å². The lowest BCUT2D eigenvalue weighted by Crippen LogP contribution is -2.02. The predicted molar refractivity (Wildman–Crippen MR) is 51.5 cm³/mol. The lowest BCUT2D eigenvalue weighted by Gasteiger charge is -2.06. The first-order valence-corrected chi connectivity index (χ1v) is 4.80. The van der Waals surface area contributed by atoms with Gasteiger partial charge in [-0.1, -0.05) is 51.1 Å². The molecule has 0 heterocycles. The molecular weight excluding hydrogens is 158 g/mol. The molecule has 1 N–H and O–H groups in total. The summed E-state index contributed by atoms with van der Waals surface area (Å²) >= 11 is 5.52. The van der Waals surface area contributed by atoms with Gasteiger partial charge in [-0.3, -0.25) is 5.41 Å². The largest absolute Gasteiger partial charge is 0.293 e. The van der Waals surface area contributed by atoms with Gasteiger partial charge in [0.2, 0.25) is 0 Å². The Morgan fingerprint density at radius 3 is 2.45 bits per heavy atom. The Kier molecular flexibility index (Phi) is 6.63. The Balaban J connectivity index is 3.17. The smallest absolute Gasteiger partial charge is 0.0997 e. The summed E-state index contributed by atoms with van der Waals surface area (Å²) in [7, 11) is 0. The maximum Gasteiger partial charge on any atom is 0.0997 e. The molecule has 0 aromatic carbocycles. The Morgan fingerprint density at radius 2 is 2.00 bits per heavy atom. The van der Waals surface area contributed by atoms with E-state index in [-0.39, 0.29) is 5.92 Å². The average Bonchev–Trinajstić information content (AvgIpc) is 1.97. The van der Waals surface area contributed by atoms with Crippen molar-refractivity contribution in [2.45, 2.75) is 46.0 Å². The molecule has 0 aromatic heterocycles. The third-order valence-corrected chi connectivity index (χ3v) is 2.30. The molecule has 11 heavy (non-hydrogen) atoms. The summed E-state index contributed by atoms with van der Waals surface area (Å²) in [6.07, 6.45) is 6.15. The fourth-order valence-electron chi connectivity index (χ4n) is 1.00. The van der Waals surface area contributed by atoms with Gasteiger partial charge >= 0.3 is 0 Å². The van der Waals surface area contributed by atoms with Crippen molar-refractivity contribution in [1.82, 2.24) is 0 Å². The summed E-state index contributed by atoms with van der Waals surface area (Å²) in [5.41, 5.74) is 0. The minimum Gasteiger partial charge on any atom is -0.293 e. The Bertz CT molecular complexity index is 112. The van der Waals surface area contributed by atoms with Crippen LogP contribution < -0.4 is 0 Å². The fraction of sp³-hybridized carbons (Fsp3) is 0.889. The predicted octanol–water partition coefficient (Wildman–Crippen LogP) is 3.81. The second-order valence-electron chi connectivity index (χ2n) is 3.10. The zero-order chi connectivity index (χ0) is 8.69. The van der Waals surface area contributed by atoms with Gasteiger partial charge in [-0.15, -0.1) is 0 Å². The molecule has 0 fully saturated rings. The van der Waals surface area contributed by atoms with Crippen LogP contribution in [0.2, 0.25) is 0 Å². The second-order valence-corrected chi connectivity index (χ2v) is 3.51. The number of unbranched alkanes of at least 4 members (excludes halogenated alkanes) is 3. The molecule has 0 radical (unpaired) electrons. The van der Waals surface area contributed by atoms with Crippen molar-refractivity contribution < 1.29 is 0 Å². The van der Waals surface area contributed by atoms with Crippen LogP contribution in [0.3, 0.4) is 0 Å². The van der Waals surface area contributed by atoms with Crippen LogP contribution >= 0.6 is 11.6 Å². The summed E-state index contributed by atoms with van der Waals surface area (Å²) in [6, 6.07) is 0. The first-order valence-electron chi connectivity index (χ1n) is 4.42. The number of rotatable bonds is 6. The Labute approximate surface area is 74.6 Å². The van der Waals surface area contributed by atoms with Crippen molar-refractivity contribution in [3.63, 3.8) is 0 Å². The molecule has 0 aliphatic rings. The molecule has 66 valence electrons. The quantitative estimate of drug-likeness (QED) is 0.469. The zero-order valence-corrected chi connectivity index (χ0v) is 8.25. The van der Waals surface area contributed by atoms with E-state index in [1.54, 1.807) is 0 Å². The lowest BCUT2D eigenvalue weighted by molar-refractivity contribution is 0.581. The summed E-state index contributed by atoms with van der Waals surface area (Å²) in [5, 5.41) is 7.45. The van der Waals surface area contributed by atoms with Crippen molar-refractivity contribution in [1.29, 1.82) is 5.41 Å². The molecule has 1 atom stereocenters. The average molecular weight is 176 g/mol. The summed E-state index contributed by atoms with van der Waals surface area (Å²) in [4.78, 5) is 0. The Hall–Kier alpha value is -0.0400. The van der Waals surface area contributed by atoms with Crippen LogP contribution in [0.15, 0.2) is 0 Å². The van der Waals surface area contributed by atoms with Crippen LogP contribution in [0.5, 0.6) is 0 Å². The molecule has 0 saturated heterocycles. The topological polar surface area (TPSA) is 23.9 Å². The minimum absolute atomic E-state index is 0.272. The van der Waals surface area contributed by atoms with E-state index in [0.29, 0.717) is 5.17 Å². The highest BCUT2D eigenvalue weighted by atomic mass is 35.5. The van der Waals surface area contributed by atoms with Gasteiger partial charge in [0.15, 0.2) is 0 Å². The molecule has 0 bridgehead atoms. The molecule has 1 unspecified atom stereocenters. The molecule has 2 heteroatoms. The van der Waals surface area contributed by atoms with Crippen molar-refractivity contribution in [3.05, 3.63) is 0 Å². The Morgan fingerprint density at radius 1 is 1.36 bits per heavy atom. The highest BCUT2D eigenvalue weighted by Crippen LogP contribution is 2.12. The molecule has 0 spiro atoms. The van der Waals surface area contributed by atoms with Crippen molar-refractivity contribution >= 4 is 16.8 Å². The van der Waals surface area contributed by atoms with Gasteiger partial charge in [0, 0.05) is 5.92 Å². The maximum absolute atomic E-state index is 7.15. The van der Waals surface area contributed by atoms with Gasteiger partial charge in [-0.25, -0.2) is 0 Å². The van der Waals surface area contributed by atoms with Gasteiger partial charge in [-0.2, -0.15) is 0 Å². The standard InChI is InChI=1S/C9H18ClN/c1-3-4-5-6-7-8(2)9(10)11/h8,11H,3-7H2,1-2H3. The fourth-order valence-corrected chi connectivity index (χ4v) is 1.11. The first kappa shape index (κ1) is 11.0. The second kappa shape index (κ2) is 6.66. The highest BCUT2D eigenvalue weighted by molar-refractivity contribution is 6.64. The maximum atomic E-state index is 7.15. The summed E-state index contributed by atoms with van der Waals surface area (Å²) in [6.45, 7) is 4.22. The van der Waals surface area contributed by atoms with Gasteiger partial charge < -0.3 is 0 Å². The van der Waals surface area contributed by atoms with E-state index in [2.05, 4.69) is 6.92 Å². The van der Waals surface area contributed by atoms with E-state index in [4.69, 9.17) is 17.0 Å². The SMILES string of the molecule is CCCCCCC(C)C(=N)Cl. The number of hydrogen-bond donors (Lipinski definition) is 1. The normalized spacial score (nSPS) is 13.0. The summed E-state index contributed by atoms with van der Waals surface area (Å²) in [5.74, 6) is 0.272. The lowest BCUT2D eigenvalue weighted by atomic mass is 10.0. The highest BCUT2D eigenvalue weighted by Gasteiger charge is 2.04. The molecule has 0 aliphatic heterocycles. The number of halogens is 1. The van der Waals surface area contributed by atoms with Crippen molar-refractivity contribution in [2.24, 2.45) is 5.92 Å². The van der Waals surface area contributed by atoms with Gasteiger partial charge in [0.05, 0.1) is 5.17 Å². The monoisotopic (exact) mass is 175 g/mol. The van der Waals surface area contributed by atoms with Crippen LogP contribution in [0.25, 0.3) is 0 Å². The molecular formula is C9H18ClN. The van der Waals surface area contributed by atoms with Gasteiger partial charge in [0.25, 0.3) is 0 Å². The molecule has 0 rings (SSSR count). The zero-order valence-electron chi connectivity index (χ0n) is 7.49. The van der Waals surface area contributed by atoms with E-state index in [9.17, 15) is 0 Å². The van der Waals surface area contributed by atoms with Crippen molar-refractivity contribution in [3.8, 4) is 0 Å². The molecule has 0 saturated carbocycles. The van der Waals surface area contributed by atoms with Crippen LogP contribution in [0.1, 0.15) is 46.0 Å². The molecule has 0 aliphatic carbocycles. The number of hydrogen-bond acceptors (Lipinski definition) is 1. The molecule has 1 nitrogen and oxygen atoms in total. The van der Waals surface area contributed by atoms with Crippen LogP contribution in [-0.4, -0.2) is 5.17 Å². The van der Waals surface area contributed by atoms with E-state index >= 15 is 0 Å². The van der Waals surface area contributed by atoms with Crippen LogP contribution in [0.4, 0.5) is 0 Å². The van der Waals surface area contributed by atoms with Crippen LogP contribution in [-0.2, 0) is 0 Å². The van der Waals surface area contributed by atoms with Gasteiger partial charge in [0.1, 0.15) is 0 Å². The van der Waals surface area contributed by atoms with E-state index in [1.807, 2.05) is 6.92 Å². The van der Waals surface area contributed by atoms with Gasteiger partial charge in [-0.05, 0) is 6.42 Å². The third-order valence-electron chi connectivity index (χ3n) is 1.92. The summed E-state index contributed by atoms with van der Waals surface area (Å²) < 4.78 is 0. The first-order chi connectivity index (χ1) is 5.18. The third kappa shape index (κ3) is 6.36. The minimum atomic E-state index is 0.272. The van der Waals surface area contributed by atoms with Crippen molar-refractivity contribution in [2.75, 3.05) is 0 Å². The molecule has 0 amide bonds. The molecule has 0 aromatic rings. The van der Waals surface area contributed by atoms with Crippen LogP contribution in [0, 0.1) is 11.3 Å². The number of nitrogens with one attached hydrogen (secondary N) is 1. The van der Waals surface area contributed by atoms with E-state index in [1.165, 1.54) is 25.7 Å². The van der Waals surface area contributed by atoms with E-state index < -0.39 is 0 Å².